The molecule has 1 saturated heterocycles. The Labute approximate surface area is 162 Å². The van der Waals surface area contributed by atoms with E-state index < -0.39 is 0 Å². The van der Waals surface area contributed by atoms with Crippen LogP contribution in [0.25, 0.3) is 0 Å². The molecule has 134 valence electrons. The van der Waals surface area contributed by atoms with Crippen LogP contribution in [0.15, 0.2) is 24.3 Å². The van der Waals surface area contributed by atoms with Crippen molar-refractivity contribution in [1.82, 2.24) is 0 Å². The molecule has 2 aliphatic rings. The van der Waals surface area contributed by atoms with Gasteiger partial charge < -0.3 is 28.5 Å². The number of hydrogen-bond donors (Lipinski definition) is 0. The first-order valence-electron chi connectivity index (χ1n) is 9.13. The van der Waals surface area contributed by atoms with Crippen molar-refractivity contribution < 1.29 is 37.6 Å². The van der Waals surface area contributed by atoms with Gasteiger partial charge in [-0.15, -0.1) is 0 Å². The van der Waals surface area contributed by atoms with Crippen molar-refractivity contribution in [2.24, 2.45) is 5.41 Å². The molecule has 24 heavy (non-hydrogen) atoms. The Hall–Kier alpha value is -0.490. The highest BCUT2D eigenvalue weighted by Crippen LogP contribution is 2.47. The number of quaternary nitrogens is 1. The summed E-state index contributed by atoms with van der Waals surface area (Å²) in [4.78, 5) is 12.2. The highest BCUT2D eigenvalue weighted by atomic mass is 127. The van der Waals surface area contributed by atoms with Crippen LogP contribution >= 0.6 is 0 Å². The highest BCUT2D eigenvalue weighted by molar-refractivity contribution is 5.95. The first-order chi connectivity index (χ1) is 11.0. The lowest BCUT2D eigenvalue weighted by molar-refractivity contribution is -0.916. The fourth-order valence-electron chi connectivity index (χ4n) is 4.50. The number of carbonyl (C=O) groups is 1. The smallest absolute Gasteiger partial charge is 0.163 e. The van der Waals surface area contributed by atoms with Crippen LogP contribution in [0.1, 0.15) is 61.7 Å². The summed E-state index contributed by atoms with van der Waals surface area (Å²) in [5.41, 5.74) is 1.31. The molecule has 0 bridgehead atoms. The van der Waals surface area contributed by atoms with E-state index in [0.29, 0.717) is 17.4 Å². The lowest BCUT2D eigenvalue weighted by atomic mass is 9.76. The number of rotatable bonds is 5. The Morgan fingerprint density at radius 3 is 2.25 bits per heavy atom. The maximum absolute atomic E-state index is 12.9. The molecule has 0 amide bonds. The Morgan fingerprint density at radius 1 is 1.08 bits per heavy atom. The maximum atomic E-state index is 12.9. The number of Topliss-reactive ketones (excluding diaryl/α,β-unsaturated/α-hetero) is 1. The average molecular weight is 445 g/mol. The number of benzene rings is 1. The monoisotopic (exact) mass is 445 g/mol. The Morgan fingerprint density at radius 2 is 1.67 bits per heavy atom. The molecule has 1 aliphatic carbocycles. The molecule has 1 aromatic rings. The molecule has 1 saturated carbocycles. The summed E-state index contributed by atoms with van der Waals surface area (Å²) in [5, 5.41) is 0. The zero-order valence-corrected chi connectivity index (χ0v) is 16.9. The molecule has 2 fully saturated rings. The van der Waals surface area contributed by atoms with E-state index in [9.17, 15) is 9.18 Å². The van der Waals surface area contributed by atoms with Crippen LogP contribution in [0.5, 0.6) is 0 Å². The predicted molar refractivity (Wildman–Crippen MR) is 90.9 cm³/mol. The van der Waals surface area contributed by atoms with Crippen LogP contribution in [0.4, 0.5) is 4.39 Å². The van der Waals surface area contributed by atoms with Crippen molar-refractivity contribution in [3.63, 3.8) is 0 Å². The molecule has 4 heteroatoms. The molecule has 1 spiro atoms. The Balaban J connectivity index is 0.00000208. The number of ketones is 1. The molecule has 2 nitrogen and oxygen atoms in total. The number of hydrogen-bond acceptors (Lipinski definition) is 1. The number of nitrogens with zero attached hydrogens (tertiary/aromatic N) is 1. The third-order valence-corrected chi connectivity index (χ3v) is 6.30. The van der Waals surface area contributed by atoms with Gasteiger partial charge in [0.05, 0.1) is 26.7 Å². The van der Waals surface area contributed by atoms with Crippen molar-refractivity contribution in [2.45, 2.75) is 51.4 Å². The van der Waals surface area contributed by atoms with Gasteiger partial charge in [-0.25, -0.2) is 4.39 Å². The highest BCUT2D eigenvalue weighted by Gasteiger charge is 2.41. The van der Waals surface area contributed by atoms with Gasteiger partial charge in [-0.05, 0) is 42.5 Å². The van der Waals surface area contributed by atoms with Gasteiger partial charge >= 0.3 is 0 Å². The van der Waals surface area contributed by atoms with Crippen LogP contribution in [0.3, 0.4) is 0 Å². The number of halogens is 2. The second kappa shape index (κ2) is 8.26. The molecule has 1 aliphatic heterocycles. The molecule has 0 atom stereocenters. The standard InChI is InChI=1S/C20H29FNO.HI/c1-22(15-12-20(13-16-22)10-2-3-11-20)14-4-5-19(23)17-6-8-18(21)9-7-17;/h6-9H,2-5,10-16H2,1H3;1H/q+1;/p-1. The van der Waals surface area contributed by atoms with Gasteiger partial charge in [0.1, 0.15) is 5.82 Å². The lowest BCUT2D eigenvalue weighted by Crippen LogP contribution is -3.00. The van der Waals surface area contributed by atoms with Crippen LogP contribution in [-0.4, -0.2) is 36.9 Å². The lowest BCUT2D eigenvalue weighted by Gasteiger charge is -2.45. The quantitative estimate of drug-likeness (QED) is 0.383. The molecule has 3 rings (SSSR count). The molecule has 1 heterocycles. The largest absolute Gasteiger partial charge is 1.00 e. The normalized spacial score (nSPS) is 21.4. The van der Waals surface area contributed by atoms with Crippen LogP contribution < -0.4 is 24.0 Å². The number of piperidine rings is 1. The zero-order valence-electron chi connectivity index (χ0n) is 14.7. The van der Waals surface area contributed by atoms with E-state index in [-0.39, 0.29) is 35.6 Å². The van der Waals surface area contributed by atoms with E-state index in [1.54, 1.807) is 12.1 Å². The predicted octanol–water partition coefficient (Wildman–Crippen LogP) is 1.59. The van der Waals surface area contributed by atoms with Gasteiger partial charge in [-0.3, -0.25) is 4.79 Å². The van der Waals surface area contributed by atoms with E-state index in [0.717, 1.165) is 17.4 Å². The van der Waals surface area contributed by atoms with Crippen molar-refractivity contribution in [2.75, 3.05) is 26.7 Å². The van der Waals surface area contributed by atoms with Gasteiger partial charge in [0.15, 0.2) is 5.78 Å². The Bertz CT molecular complexity index is 541. The van der Waals surface area contributed by atoms with Crippen molar-refractivity contribution in [3.8, 4) is 0 Å². The summed E-state index contributed by atoms with van der Waals surface area (Å²) in [6.45, 7) is 3.62. The van der Waals surface area contributed by atoms with Gasteiger partial charge in [-0.1, -0.05) is 12.8 Å². The summed E-state index contributed by atoms with van der Waals surface area (Å²) < 4.78 is 14.0. The first kappa shape index (κ1) is 19.8. The van der Waals surface area contributed by atoms with E-state index in [2.05, 4.69) is 7.05 Å². The van der Waals surface area contributed by atoms with Gasteiger partial charge in [-0.2, -0.15) is 0 Å². The van der Waals surface area contributed by atoms with Gasteiger partial charge in [0, 0.05) is 31.2 Å². The minimum atomic E-state index is -0.284. The number of carbonyl (C=O) groups excluding carboxylic acids is 1. The van der Waals surface area contributed by atoms with E-state index in [4.69, 9.17) is 0 Å². The van der Waals surface area contributed by atoms with Crippen LogP contribution in [0.2, 0.25) is 0 Å². The molecule has 0 aromatic heterocycles. The molecular formula is C20H29FINO. The maximum Gasteiger partial charge on any atom is 0.163 e. The summed E-state index contributed by atoms with van der Waals surface area (Å²) >= 11 is 0. The summed E-state index contributed by atoms with van der Waals surface area (Å²) in [5.74, 6) is -0.144. The van der Waals surface area contributed by atoms with Crippen LogP contribution in [-0.2, 0) is 0 Å². The SMILES string of the molecule is C[N+]1(CCCC(=O)c2ccc(F)cc2)CCC2(CCCC2)CC1.[I-]. The second-order valence-electron chi connectivity index (χ2n) is 8.03. The minimum absolute atomic E-state index is 0. The van der Waals surface area contributed by atoms with E-state index in [1.165, 1.54) is 63.7 Å². The summed E-state index contributed by atoms with van der Waals surface area (Å²) in [6.07, 6.45) is 9.98. The summed E-state index contributed by atoms with van der Waals surface area (Å²) in [7, 11) is 2.35. The minimum Gasteiger partial charge on any atom is -1.00 e. The number of likely N-dealkylation sites (tertiary alicyclic amines) is 1. The third-order valence-electron chi connectivity index (χ3n) is 6.30. The van der Waals surface area contributed by atoms with E-state index in [1.807, 2.05) is 0 Å². The molecule has 0 N–H and O–H groups in total. The zero-order chi connectivity index (χ0) is 16.3. The molecular weight excluding hydrogens is 416 g/mol. The third kappa shape index (κ3) is 4.78. The first-order valence-corrected chi connectivity index (χ1v) is 9.13. The van der Waals surface area contributed by atoms with Gasteiger partial charge in [0.25, 0.3) is 0 Å². The second-order valence-corrected chi connectivity index (χ2v) is 8.03. The molecule has 0 radical (unpaired) electrons. The Kier molecular flexibility index (Phi) is 6.82. The van der Waals surface area contributed by atoms with Gasteiger partial charge in [0.2, 0.25) is 0 Å². The van der Waals surface area contributed by atoms with E-state index >= 15 is 0 Å². The topological polar surface area (TPSA) is 17.1 Å². The average Bonchev–Trinajstić information content (AvgIpc) is 3.00. The fourth-order valence-corrected chi connectivity index (χ4v) is 4.50. The van der Waals surface area contributed by atoms with Crippen molar-refractivity contribution in [1.29, 1.82) is 0 Å². The molecule has 0 unspecified atom stereocenters. The van der Waals surface area contributed by atoms with Crippen molar-refractivity contribution >= 4 is 5.78 Å². The van der Waals surface area contributed by atoms with Crippen molar-refractivity contribution in [3.05, 3.63) is 35.6 Å². The van der Waals surface area contributed by atoms with Crippen LogP contribution in [0, 0.1) is 11.2 Å². The summed E-state index contributed by atoms with van der Waals surface area (Å²) in [6, 6.07) is 5.93. The molecule has 1 aromatic carbocycles. The fraction of sp³-hybridized carbons (Fsp3) is 0.650.